The van der Waals surface area contributed by atoms with E-state index >= 15 is 0 Å². The molecule has 0 saturated carbocycles. The van der Waals surface area contributed by atoms with Gasteiger partial charge in [-0.2, -0.15) is 0 Å². The zero-order valence-electron chi connectivity index (χ0n) is 12.9. The van der Waals surface area contributed by atoms with E-state index in [1.165, 1.54) is 0 Å². The van der Waals surface area contributed by atoms with Gasteiger partial charge in [-0.15, -0.1) is 23.1 Å². The second-order valence-corrected chi connectivity index (χ2v) is 7.37. The third kappa shape index (κ3) is 4.45. The summed E-state index contributed by atoms with van der Waals surface area (Å²) < 4.78 is 0. The average molecular weight is 333 g/mol. The predicted molar refractivity (Wildman–Crippen MR) is 94.2 cm³/mol. The zero-order chi connectivity index (χ0) is 16.1. The van der Waals surface area contributed by atoms with E-state index in [0.29, 0.717) is 0 Å². The molecule has 0 spiro atoms. The summed E-state index contributed by atoms with van der Waals surface area (Å²) in [6, 6.07) is 9.58. The summed E-state index contributed by atoms with van der Waals surface area (Å²) in [6.45, 7) is 3.93. The number of thioether (sulfide) groups is 1. The second kappa shape index (κ2) is 7.61. The lowest BCUT2D eigenvalue weighted by Crippen LogP contribution is -2.13. The van der Waals surface area contributed by atoms with Crippen LogP contribution < -0.4 is 5.32 Å². The number of hydrogen-bond donors (Lipinski definition) is 1. The molecule has 0 unspecified atom stereocenters. The molecule has 1 amide bonds. The van der Waals surface area contributed by atoms with Crippen LogP contribution in [0.1, 0.15) is 33.0 Å². The fourth-order valence-corrected chi connectivity index (χ4v) is 3.60. The Balaban J connectivity index is 1.90. The standard InChI is InChI=1S/C17H19NO2S2/c1-11-9-15(12(2)22-11)16(19)7-8-17(20)18-13-5-4-6-14(10-13)21-3/h4-6,9-10H,7-8H2,1-3H3,(H,18,20). The molecule has 0 fully saturated rings. The molecule has 0 saturated heterocycles. The van der Waals surface area contributed by atoms with Gasteiger partial charge in [0, 0.05) is 38.7 Å². The minimum atomic E-state index is -0.129. The van der Waals surface area contributed by atoms with Gasteiger partial charge < -0.3 is 5.32 Å². The number of hydrogen-bond acceptors (Lipinski definition) is 4. The Morgan fingerprint density at radius 1 is 1.18 bits per heavy atom. The number of thiophene rings is 1. The molecular formula is C17H19NO2S2. The fourth-order valence-electron chi connectivity index (χ4n) is 2.19. The Labute approximate surface area is 139 Å². The Morgan fingerprint density at radius 2 is 1.95 bits per heavy atom. The SMILES string of the molecule is CSc1cccc(NC(=O)CCC(=O)c2cc(C)sc2C)c1. The number of benzene rings is 1. The van der Waals surface area contributed by atoms with Crippen molar-refractivity contribution >= 4 is 40.5 Å². The van der Waals surface area contributed by atoms with Gasteiger partial charge in [0.1, 0.15) is 0 Å². The quantitative estimate of drug-likeness (QED) is 0.616. The zero-order valence-corrected chi connectivity index (χ0v) is 14.6. The molecule has 22 heavy (non-hydrogen) atoms. The van der Waals surface area contributed by atoms with Gasteiger partial charge >= 0.3 is 0 Å². The first kappa shape index (κ1) is 16.8. The van der Waals surface area contributed by atoms with Crippen LogP contribution in [0.4, 0.5) is 5.69 Å². The maximum atomic E-state index is 12.2. The summed E-state index contributed by atoms with van der Waals surface area (Å²) in [6.07, 6.45) is 2.44. The summed E-state index contributed by atoms with van der Waals surface area (Å²) in [4.78, 5) is 27.4. The predicted octanol–water partition coefficient (Wildman–Crippen LogP) is 4.69. The molecule has 116 valence electrons. The van der Waals surface area contributed by atoms with Crippen LogP contribution >= 0.6 is 23.1 Å². The Kier molecular flexibility index (Phi) is 5.80. The van der Waals surface area contributed by atoms with Crippen LogP contribution in [0.5, 0.6) is 0 Å². The van der Waals surface area contributed by atoms with Gasteiger partial charge in [-0.1, -0.05) is 6.07 Å². The van der Waals surface area contributed by atoms with Crippen LogP contribution in [0.15, 0.2) is 35.2 Å². The Hall–Kier alpha value is -1.59. The van der Waals surface area contributed by atoms with E-state index in [0.717, 1.165) is 25.9 Å². The number of Topliss-reactive ketones (excluding diaryl/α,β-unsaturated/α-hetero) is 1. The Bertz CT molecular complexity index is 692. The van der Waals surface area contributed by atoms with Crippen LogP contribution in [-0.4, -0.2) is 17.9 Å². The maximum Gasteiger partial charge on any atom is 0.224 e. The molecule has 0 aliphatic carbocycles. The number of anilines is 1. The van der Waals surface area contributed by atoms with E-state index in [1.807, 2.05) is 50.4 Å². The molecule has 0 radical (unpaired) electrons. The molecule has 0 bridgehead atoms. The third-order valence-electron chi connectivity index (χ3n) is 3.27. The molecule has 5 heteroatoms. The minimum absolute atomic E-state index is 0.0369. The summed E-state index contributed by atoms with van der Waals surface area (Å²) >= 11 is 3.24. The number of rotatable bonds is 6. The van der Waals surface area contributed by atoms with Crippen molar-refractivity contribution in [3.63, 3.8) is 0 Å². The third-order valence-corrected chi connectivity index (χ3v) is 4.97. The van der Waals surface area contributed by atoms with Gasteiger partial charge in [0.2, 0.25) is 5.91 Å². The molecule has 1 N–H and O–H groups in total. The normalized spacial score (nSPS) is 10.5. The van der Waals surface area contributed by atoms with E-state index in [1.54, 1.807) is 23.1 Å². The first-order chi connectivity index (χ1) is 10.5. The molecule has 0 aliphatic rings. The van der Waals surface area contributed by atoms with E-state index < -0.39 is 0 Å². The maximum absolute atomic E-state index is 12.2. The number of carbonyl (C=O) groups is 2. The average Bonchev–Trinajstić information content (AvgIpc) is 2.83. The van der Waals surface area contributed by atoms with Crippen molar-refractivity contribution in [2.24, 2.45) is 0 Å². The van der Waals surface area contributed by atoms with Crippen LogP contribution in [0, 0.1) is 13.8 Å². The van der Waals surface area contributed by atoms with Crippen LogP contribution in [0.2, 0.25) is 0 Å². The van der Waals surface area contributed by atoms with E-state index in [-0.39, 0.29) is 24.5 Å². The second-order valence-electron chi connectivity index (χ2n) is 5.03. The summed E-state index contributed by atoms with van der Waals surface area (Å²) in [5, 5.41) is 2.84. The lowest BCUT2D eigenvalue weighted by Gasteiger charge is -2.06. The van der Waals surface area contributed by atoms with Crippen molar-refractivity contribution in [3.05, 3.63) is 45.6 Å². The number of carbonyl (C=O) groups excluding carboxylic acids is 2. The van der Waals surface area contributed by atoms with E-state index in [4.69, 9.17) is 0 Å². The highest BCUT2D eigenvalue weighted by atomic mass is 32.2. The topological polar surface area (TPSA) is 46.2 Å². The monoisotopic (exact) mass is 333 g/mol. The summed E-state index contributed by atoms with van der Waals surface area (Å²) in [5.41, 5.74) is 1.52. The summed E-state index contributed by atoms with van der Waals surface area (Å²) in [7, 11) is 0. The van der Waals surface area contributed by atoms with Crippen molar-refractivity contribution in [2.45, 2.75) is 31.6 Å². The number of amides is 1. The molecule has 1 aromatic heterocycles. The van der Waals surface area contributed by atoms with E-state index in [9.17, 15) is 9.59 Å². The van der Waals surface area contributed by atoms with Gasteiger partial charge in [0.15, 0.2) is 5.78 Å². The molecule has 3 nitrogen and oxygen atoms in total. The smallest absolute Gasteiger partial charge is 0.224 e. The molecule has 2 aromatic rings. The first-order valence-corrected chi connectivity index (χ1v) is 9.08. The molecule has 0 atom stereocenters. The first-order valence-electron chi connectivity index (χ1n) is 7.03. The van der Waals surface area contributed by atoms with Crippen LogP contribution in [-0.2, 0) is 4.79 Å². The van der Waals surface area contributed by atoms with E-state index in [2.05, 4.69) is 5.32 Å². The molecule has 1 heterocycles. The number of nitrogens with one attached hydrogen (secondary N) is 1. The number of aryl methyl sites for hydroxylation is 2. The fraction of sp³-hybridized carbons (Fsp3) is 0.294. The summed E-state index contributed by atoms with van der Waals surface area (Å²) in [5.74, 6) is -0.0916. The minimum Gasteiger partial charge on any atom is -0.326 e. The lowest BCUT2D eigenvalue weighted by molar-refractivity contribution is -0.116. The van der Waals surface area contributed by atoms with Crippen molar-refractivity contribution in [1.29, 1.82) is 0 Å². The van der Waals surface area contributed by atoms with Gasteiger partial charge in [-0.3, -0.25) is 9.59 Å². The van der Waals surface area contributed by atoms with Crippen LogP contribution in [0.3, 0.4) is 0 Å². The molecule has 1 aromatic carbocycles. The highest BCUT2D eigenvalue weighted by molar-refractivity contribution is 7.98. The van der Waals surface area contributed by atoms with Crippen molar-refractivity contribution in [1.82, 2.24) is 0 Å². The van der Waals surface area contributed by atoms with Crippen molar-refractivity contribution in [2.75, 3.05) is 11.6 Å². The van der Waals surface area contributed by atoms with Gasteiger partial charge in [-0.05, 0) is 44.4 Å². The molecule has 2 rings (SSSR count). The molecule has 0 aliphatic heterocycles. The largest absolute Gasteiger partial charge is 0.326 e. The molecular weight excluding hydrogens is 314 g/mol. The van der Waals surface area contributed by atoms with Crippen LogP contribution in [0.25, 0.3) is 0 Å². The van der Waals surface area contributed by atoms with Gasteiger partial charge in [-0.25, -0.2) is 0 Å². The van der Waals surface area contributed by atoms with Crippen molar-refractivity contribution in [3.8, 4) is 0 Å². The Morgan fingerprint density at radius 3 is 2.59 bits per heavy atom. The lowest BCUT2D eigenvalue weighted by atomic mass is 10.1. The van der Waals surface area contributed by atoms with Gasteiger partial charge in [0.05, 0.1) is 0 Å². The van der Waals surface area contributed by atoms with Crippen molar-refractivity contribution < 1.29 is 9.59 Å². The number of ketones is 1. The highest BCUT2D eigenvalue weighted by Gasteiger charge is 2.13. The highest BCUT2D eigenvalue weighted by Crippen LogP contribution is 2.23. The van der Waals surface area contributed by atoms with Gasteiger partial charge in [0.25, 0.3) is 0 Å².